The Balaban J connectivity index is 1.63. The quantitative estimate of drug-likeness (QED) is 0.374. The van der Waals surface area contributed by atoms with Crippen LogP contribution in [-0.4, -0.2) is 33.0 Å². The summed E-state index contributed by atoms with van der Waals surface area (Å²) in [7, 11) is 1.64. The highest BCUT2D eigenvalue weighted by molar-refractivity contribution is 8.00. The average molecular weight is 459 g/mol. The molecule has 0 aliphatic carbocycles. The van der Waals surface area contributed by atoms with Gasteiger partial charge in [-0.15, -0.1) is 10.2 Å². The number of nitrogens with one attached hydrogen (secondary N) is 1. The molecular weight excluding hydrogens is 432 g/mol. The fourth-order valence-electron chi connectivity index (χ4n) is 3.42. The Morgan fingerprint density at radius 2 is 1.70 bits per heavy atom. The molecule has 3 aromatic carbocycles. The Bertz CT molecular complexity index is 1220. The number of carbonyl (C=O) groups excluding carboxylic acids is 1. The smallest absolute Gasteiger partial charge is 0.233 e. The van der Waals surface area contributed by atoms with Crippen molar-refractivity contribution in [2.24, 2.45) is 0 Å². The van der Waals surface area contributed by atoms with Crippen LogP contribution in [0.3, 0.4) is 0 Å². The highest BCUT2D eigenvalue weighted by atomic mass is 32.2. The number of methoxy groups -OCH3 is 1. The van der Waals surface area contributed by atoms with Crippen molar-refractivity contribution in [2.75, 3.05) is 7.11 Å². The van der Waals surface area contributed by atoms with Crippen molar-refractivity contribution in [3.8, 4) is 22.8 Å². The summed E-state index contributed by atoms with van der Waals surface area (Å²) in [5, 5.41) is 12.2. The Labute approximate surface area is 198 Å². The highest BCUT2D eigenvalue weighted by Gasteiger charge is 2.23. The van der Waals surface area contributed by atoms with E-state index < -0.39 is 0 Å². The van der Waals surface area contributed by atoms with Gasteiger partial charge in [-0.1, -0.05) is 71.9 Å². The zero-order chi connectivity index (χ0) is 23.2. The van der Waals surface area contributed by atoms with E-state index in [4.69, 9.17) is 4.74 Å². The number of hydrogen-bond donors (Lipinski definition) is 1. The first kappa shape index (κ1) is 22.6. The first-order valence-corrected chi connectivity index (χ1v) is 11.6. The summed E-state index contributed by atoms with van der Waals surface area (Å²) in [6.07, 6.45) is 0. The number of amides is 1. The molecule has 33 heavy (non-hydrogen) atoms. The van der Waals surface area contributed by atoms with E-state index in [0.29, 0.717) is 23.3 Å². The molecule has 0 saturated carbocycles. The number of benzene rings is 3. The maximum absolute atomic E-state index is 12.8. The van der Waals surface area contributed by atoms with E-state index in [9.17, 15) is 4.79 Å². The molecule has 4 rings (SSSR count). The SMILES string of the molecule is COc1ccccc1-c1nnc(SC(C)C(=O)NCc2ccccc2)n1-c1ccc(C)cc1. The monoisotopic (exact) mass is 458 g/mol. The van der Waals surface area contributed by atoms with Gasteiger partial charge in [0.05, 0.1) is 17.9 Å². The van der Waals surface area contributed by atoms with Crippen molar-refractivity contribution < 1.29 is 9.53 Å². The molecule has 4 aromatic rings. The normalized spacial score (nSPS) is 11.7. The number of para-hydroxylation sites is 1. The predicted molar refractivity (Wildman–Crippen MR) is 132 cm³/mol. The van der Waals surface area contributed by atoms with Gasteiger partial charge in [-0.25, -0.2) is 0 Å². The van der Waals surface area contributed by atoms with Gasteiger partial charge in [-0.3, -0.25) is 9.36 Å². The Kier molecular flexibility index (Phi) is 7.10. The zero-order valence-corrected chi connectivity index (χ0v) is 19.7. The average Bonchev–Trinajstić information content (AvgIpc) is 3.26. The maximum atomic E-state index is 12.8. The van der Waals surface area contributed by atoms with Crippen molar-refractivity contribution in [1.29, 1.82) is 0 Å². The van der Waals surface area contributed by atoms with Crippen molar-refractivity contribution in [3.63, 3.8) is 0 Å². The number of carbonyl (C=O) groups is 1. The third-order valence-electron chi connectivity index (χ3n) is 5.23. The maximum Gasteiger partial charge on any atom is 0.233 e. The van der Waals surface area contributed by atoms with Crippen molar-refractivity contribution >= 4 is 17.7 Å². The molecule has 168 valence electrons. The molecule has 0 spiro atoms. The van der Waals surface area contributed by atoms with Crippen LogP contribution in [0.5, 0.6) is 5.75 Å². The van der Waals surface area contributed by atoms with Gasteiger partial charge in [-0.2, -0.15) is 0 Å². The van der Waals surface area contributed by atoms with Gasteiger partial charge in [-0.05, 0) is 43.7 Å². The molecule has 7 heteroatoms. The van der Waals surface area contributed by atoms with Gasteiger partial charge in [0.2, 0.25) is 5.91 Å². The highest BCUT2D eigenvalue weighted by Crippen LogP contribution is 2.34. The van der Waals surface area contributed by atoms with Crippen LogP contribution >= 0.6 is 11.8 Å². The zero-order valence-electron chi connectivity index (χ0n) is 18.9. The van der Waals surface area contributed by atoms with Crippen LogP contribution in [0.1, 0.15) is 18.1 Å². The summed E-state index contributed by atoms with van der Waals surface area (Å²) in [4.78, 5) is 12.8. The number of hydrogen-bond acceptors (Lipinski definition) is 5. The first-order valence-electron chi connectivity index (χ1n) is 10.7. The summed E-state index contributed by atoms with van der Waals surface area (Å²) in [5.41, 5.74) is 3.98. The van der Waals surface area contributed by atoms with E-state index in [2.05, 4.69) is 15.5 Å². The van der Waals surface area contributed by atoms with Gasteiger partial charge in [0.25, 0.3) is 0 Å². The molecule has 0 aliphatic heterocycles. The van der Waals surface area contributed by atoms with Gasteiger partial charge >= 0.3 is 0 Å². The van der Waals surface area contributed by atoms with Crippen LogP contribution in [0.4, 0.5) is 0 Å². The summed E-state index contributed by atoms with van der Waals surface area (Å²) in [6, 6.07) is 25.7. The van der Waals surface area contributed by atoms with E-state index in [1.54, 1.807) is 7.11 Å². The summed E-state index contributed by atoms with van der Waals surface area (Å²) >= 11 is 1.38. The topological polar surface area (TPSA) is 69.0 Å². The lowest BCUT2D eigenvalue weighted by molar-refractivity contribution is -0.120. The molecule has 0 radical (unpaired) electrons. The van der Waals surface area contributed by atoms with Crippen LogP contribution in [0, 0.1) is 6.92 Å². The molecule has 6 nitrogen and oxygen atoms in total. The molecule has 0 bridgehead atoms. The molecule has 1 N–H and O–H groups in total. The third-order valence-corrected chi connectivity index (χ3v) is 6.28. The second-order valence-electron chi connectivity index (χ2n) is 7.64. The van der Waals surface area contributed by atoms with Crippen LogP contribution < -0.4 is 10.1 Å². The summed E-state index contributed by atoms with van der Waals surface area (Å²) in [5.74, 6) is 1.32. The molecule has 0 fully saturated rings. The van der Waals surface area contributed by atoms with Crippen LogP contribution in [0.2, 0.25) is 0 Å². The van der Waals surface area contributed by atoms with Crippen molar-refractivity contribution in [2.45, 2.75) is 30.8 Å². The minimum absolute atomic E-state index is 0.0545. The molecule has 1 aromatic heterocycles. The second-order valence-corrected chi connectivity index (χ2v) is 8.95. The van der Waals surface area contributed by atoms with Gasteiger partial charge in [0.1, 0.15) is 5.75 Å². The summed E-state index contributed by atoms with van der Waals surface area (Å²) < 4.78 is 7.54. The number of rotatable bonds is 8. The van der Waals surface area contributed by atoms with E-state index in [-0.39, 0.29) is 11.2 Å². The van der Waals surface area contributed by atoms with E-state index >= 15 is 0 Å². The number of thioether (sulfide) groups is 1. The van der Waals surface area contributed by atoms with Gasteiger partial charge < -0.3 is 10.1 Å². The van der Waals surface area contributed by atoms with E-state index in [1.807, 2.05) is 97.3 Å². The number of ether oxygens (including phenoxy) is 1. The van der Waals surface area contributed by atoms with Crippen LogP contribution in [0.15, 0.2) is 84.0 Å². The van der Waals surface area contributed by atoms with Crippen LogP contribution in [-0.2, 0) is 11.3 Å². The Hall–Kier alpha value is -3.58. The molecule has 1 atom stereocenters. The lowest BCUT2D eigenvalue weighted by atomic mass is 10.1. The molecular formula is C26H26N4O2S. The van der Waals surface area contributed by atoms with Gasteiger partial charge in [0.15, 0.2) is 11.0 Å². The number of aromatic nitrogens is 3. The number of nitrogens with zero attached hydrogens (tertiary/aromatic N) is 3. The molecule has 0 aliphatic rings. The fraction of sp³-hybridized carbons (Fsp3) is 0.192. The Morgan fingerprint density at radius 3 is 2.42 bits per heavy atom. The lowest BCUT2D eigenvalue weighted by Crippen LogP contribution is -2.30. The predicted octanol–water partition coefficient (Wildman–Crippen LogP) is 5.05. The second kappa shape index (κ2) is 10.4. The Morgan fingerprint density at radius 1 is 1.00 bits per heavy atom. The lowest BCUT2D eigenvalue weighted by Gasteiger charge is -2.15. The summed E-state index contributed by atoms with van der Waals surface area (Å²) in [6.45, 7) is 4.41. The standard InChI is InChI=1S/C26H26N4O2S/c1-18-13-15-21(16-14-18)30-24(22-11-7-8-12-23(22)32-3)28-29-26(30)33-19(2)25(31)27-17-20-9-5-4-6-10-20/h4-16,19H,17H2,1-3H3,(H,27,31). The number of aryl methyl sites for hydroxylation is 1. The largest absolute Gasteiger partial charge is 0.496 e. The van der Waals surface area contributed by atoms with E-state index in [0.717, 1.165) is 22.4 Å². The van der Waals surface area contributed by atoms with E-state index in [1.165, 1.54) is 11.8 Å². The molecule has 0 saturated heterocycles. The minimum atomic E-state index is -0.354. The minimum Gasteiger partial charge on any atom is -0.496 e. The first-order chi connectivity index (χ1) is 16.1. The van der Waals surface area contributed by atoms with Crippen molar-refractivity contribution in [1.82, 2.24) is 20.1 Å². The fourth-order valence-corrected chi connectivity index (χ4v) is 4.31. The third kappa shape index (κ3) is 5.26. The van der Waals surface area contributed by atoms with Crippen LogP contribution in [0.25, 0.3) is 17.1 Å². The molecule has 1 amide bonds. The van der Waals surface area contributed by atoms with Crippen molar-refractivity contribution in [3.05, 3.63) is 90.0 Å². The van der Waals surface area contributed by atoms with Gasteiger partial charge in [0, 0.05) is 12.2 Å². The molecule has 1 unspecified atom stereocenters. The molecule has 1 heterocycles.